The Balaban J connectivity index is 0.000000511. The third-order valence-corrected chi connectivity index (χ3v) is 3.00. The van der Waals surface area contributed by atoms with Crippen molar-refractivity contribution in [3.63, 3.8) is 0 Å². The van der Waals surface area contributed by atoms with Crippen LogP contribution < -0.4 is 4.74 Å². The van der Waals surface area contributed by atoms with Crippen molar-refractivity contribution in [2.75, 3.05) is 0 Å². The quantitative estimate of drug-likeness (QED) is 0.655. The van der Waals surface area contributed by atoms with E-state index in [1.54, 1.807) is 35.3 Å². The van der Waals surface area contributed by atoms with Crippen molar-refractivity contribution < 1.29 is 18.3 Å². The number of carbonyl (C=O) groups is 1. The number of aryl methyl sites for hydroxylation is 1. The van der Waals surface area contributed by atoms with Gasteiger partial charge in [0.15, 0.2) is 0 Å². The third-order valence-electron chi connectivity index (χ3n) is 2.75. The van der Waals surface area contributed by atoms with Crippen molar-refractivity contribution >= 4 is 17.9 Å². The molecule has 0 aliphatic rings. The molecule has 0 saturated heterocycles. The van der Waals surface area contributed by atoms with Gasteiger partial charge in [0, 0.05) is 17.3 Å². The molecule has 0 atom stereocenters. The molecule has 0 spiro atoms. The van der Waals surface area contributed by atoms with E-state index in [0.717, 1.165) is 5.69 Å². The zero-order chi connectivity index (χ0) is 18.2. The molecule has 0 amide bonds. The highest BCUT2D eigenvalue weighted by Crippen LogP contribution is 2.13. The van der Waals surface area contributed by atoms with Gasteiger partial charge in [-0.05, 0) is 31.2 Å². The van der Waals surface area contributed by atoms with Crippen molar-refractivity contribution in [3.8, 4) is 11.6 Å². The summed E-state index contributed by atoms with van der Waals surface area (Å²) >= 11 is 5.86. The Labute approximate surface area is 146 Å². The van der Waals surface area contributed by atoms with Crippen LogP contribution in [0.2, 0.25) is 5.02 Å². The SMILES string of the molecule is Cc1nccc(OCc2cn(-c3ccc(Cl)cc3)nn2)n1.O=C(F)F. The molecule has 3 aromatic rings. The molecule has 0 aliphatic heterocycles. The molecule has 0 unspecified atom stereocenters. The maximum Gasteiger partial charge on any atom is 0.483 e. The molecule has 2 aromatic heterocycles. The van der Waals surface area contributed by atoms with E-state index in [2.05, 4.69) is 20.3 Å². The number of halogens is 3. The lowest BCUT2D eigenvalue weighted by atomic mass is 10.3. The number of hydrogen-bond acceptors (Lipinski definition) is 6. The van der Waals surface area contributed by atoms with Gasteiger partial charge in [0.2, 0.25) is 5.88 Å². The van der Waals surface area contributed by atoms with E-state index < -0.39 is 6.29 Å². The van der Waals surface area contributed by atoms with Crippen molar-refractivity contribution in [1.29, 1.82) is 0 Å². The van der Waals surface area contributed by atoms with Gasteiger partial charge in [-0.15, -0.1) is 13.9 Å². The Morgan fingerprint density at radius 2 is 1.92 bits per heavy atom. The maximum atomic E-state index is 9.69. The van der Waals surface area contributed by atoms with Gasteiger partial charge in [0.05, 0.1) is 11.9 Å². The molecule has 0 bridgehead atoms. The van der Waals surface area contributed by atoms with Gasteiger partial charge in [-0.1, -0.05) is 16.8 Å². The zero-order valence-electron chi connectivity index (χ0n) is 12.9. The number of nitrogens with zero attached hydrogens (tertiary/aromatic N) is 5. The molecule has 7 nitrogen and oxygen atoms in total. The van der Waals surface area contributed by atoms with Crippen LogP contribution in [-0.2, 0) is 6.61 Å². The molecule has 0 aliphatic carbocycles. The molecular formula is C15H12ClF2N5O2. The van der Waals surface area contributed by atoms with E-state index in [0.29, 0.717) is 29.0 Å². The average Bonchev–Trinajstić information content (AvgIpc) is 3.02. The second-order valence-electron chi connectivity index (χ2n) is 4.59. The highest BCUT2D eigenvalue weighted by atomic mass is 35.5. The predicted octanol–water partition coefficient (Wildman–Crippen LogP) is 3.64. The topological polar surface area (TPSA) is 82.8 Å². The summed E-state index contributed by atoms with van der Waals surface area (Å²) in [4.78, 5) is 16.3. The minimum atomic E-state index is -2.83. The first-order valence-corrected chi connectivity index (χ1v) is 7.26. The van der Waals surface area contributed by atoms with Crippen LogP contribution >= 0.6 is 11.6 Å². The van der Waals surface area contributed by atoms with E-state index >= 15 is 0 Å². The Hall–Kier alpha value is -2.94. The third kappa shape index (κ3) is 6.22. The highest BCUT2D eigenvalue weighted by molar-refractivity contribution is 6.30. The van der Waals surface area contributed by atoms with Crippen molar-refractivity contribution in [2.45, 2.75) is 13.5 Å². The van der Waals surface area contributed by atoms with Crippen molar-refractivity contribution in [3.05, 3.63) is 59.3 Å². The van der Waals surface area contributed by atoms with Crippen molar-refractivity contribution in [2.24, 2.45) is 0 Å². The van der Waals surface area contributed by atoms with Gasteiger partial charge >= 0.3 is 6.29 Å². The van der Waals surface area contributed by atoms with Crippen LogP contribution in [0.25, 0.3) is 5.69 Å². The largest absolute Gasteiger partial charge is 0.483 e. The van der Waals surface area contributed by atoms with Crippen LogP contribution in [-0.4, -0.2) is 31.3 Å². The Bertz CT molecular complexity index is 838. The maximum absolute atomic E-state index is 9.69. The Kier molecular flexibility index (Phi) is 6.47. The highest BCUT2D eigenvalue weighted by Gasteiger charge is 2.04. The first-order chi connectivity index (χ1) is 11.9. The number of rotatable bonds is 4. The lowest BCUT2D eigenvalue weighted by Crippen LogP contribution is -1.99. The number of aromatic nitrogens is 5. The van der Waals surface area contributed by atoms with Gasteiger partial charge < -0.3 is 4.74 Å². The first kappa shape index (κ1) is 18.4. The van der Waals surface area contributed by atoms with Crippen LogP contribution in [0.4, 0.5) is 13.6 Å². The van der Waals surface area contributed by atoms with Gasteiger partial charge in [0.25, 0.3) is 0 Å². The van der Waals surface area contributed by atoms with E-state index in [-0.39, 0.29) is 0 Å². The molecule has 0 fully saturated rings. The van der Waals surface area contributed by atoms with Crippen LogP contribution in [0, 0.1) is 6.92 Å². The predicted molar refractivity (Wildman–Crippen MR) is 85.1 cm³/mol. The smallest absolute Gasteiger partial charge is 0.471 e. The fraction of sp³-hybridized carbons (Fsp3) is 0.133. The molecule has 0 radical (unpaired) electrons. The summed E-state index contributed by atoms with van der Waals surface area (Å²) in [7, 11) is 0. The lowest BCUT2D eigenvalue weighted by molar-refractivity contribution is 0.199. The summed E-state index contributed by atoms with van der Waals surface area (Å²) < 4.78 is 26.6. The minimum absolute atomic E-state index is 0.296. The standard InChI is InChI=1S/C14H12ClN5O.CF2O/c1-10-16-7-6-14(17-10)21-9-12-8-20(19-18-12)13-4-2-11(15)3-5-13;2-1(3)4/h2-8H,9H2,1H3;. The second kappa shape index (κ2) is 8.78. The molecule has 130 valence electrons. The van der Waals surface area contributed by atoms with Crippen molar-refractivity contribution in [1.82, 2.24) is 25.0 Å². The van der Waals surface area contributed by atoms with Gasteiger partial charge in [-0.2, -0.15) is 4.98 Å². The molecular weight excluding hydrogens is 356 g/mol. The van der Waals surface area contributed by atoms with Crippen LogP contribution in [0.15, 0.2) is 42.7 Å². The monoisotopic (exact) mass is 367 g/mol. The summed E-state index contributed by atoms with van der Waals surface area (Å²) in [6.45, 7) is 2.10. The van der Waals surface area contributed by atoms with E-state index in [1.807, 2.05) is 19.1 Å². The summed E-state index contributed by atoms with van der Waals surface area (Å²) in [5, 5.41) is 8.80. The molecule has 0 saturated carbocycles. The number of hydrogen-bond donors (Lipinski definition) is 0. The number of benzene rings is 1. The second-order valence-corrected chi connectivity index (χ2v) is 5.02. The molecule has 1 aromatic carbocycles. The molecule has 10 heteroatoms. The van der Waals surface area contributed by atoms with E-state index in [4.69, 9.17) is 21.1 Å². The van der Waals surface area contributed by atoms with E-state index in [1.165, 1.54) is 0 Å². The Morgan fingerprint density at radius 3 is 2.56 bits per heavy atom. The molecule has 3 rings (SSSR count). The van der Waals surface area contributed by atoms with E-state index in [9.17, 15) is 8.78 Å². The normalized spacial score (nSPS) is 9.92. The van der Waals surface area contributed by atoms with Crippen LogP contribution in [0.5, 0.6) is 5.88 Å². The summed E-state index contributed by atoms with van der Waals surface area (Å²) in [5.41, 5.74) is 1.59. The lowest BCUT2D eigenvalue weighted by Gasteiger charge is -2.02. The van der Waals surface area contributed by atoms with Gasteiger partial charge in [-0.25, -0.2) is 14.5 Å². The fourth-order valence-corrected chi connectivity index (χ4v) is 1.87. The van der Waals surface area contributed by atoms with Crippen LogP contribution in [0.3, 0.4) is 0 Å². The molecule has 0 N–H and O–H groups in total. The van der Waals surface area contributed by atoms with Gasteiger partial charge in [-0.3, -0.25) is 0 Å². The molecule has 25 heavy (non-hydrogen) atoms. The summed E-state index contributed by atoms with van der Waals surface area (Å²) in [6, 6.07) is 9.05. The summed E-state index contributed by atoms with van der Waals surface area (Å²) in [6.07, 6.45) is 0.625. The first-order valence-electron chi connectivity index (χ1n) is 6.88. The fourth-order valence-electron chi connectivity index (χ4n) is 1.75. The number of carbonyl (C=O) groups excluding carboxylic acids is 1. The Morgan fingerprint density at radius 1 is 1.24 bits per heavy atom. The minimum Gasteiger partial charge on any atom is -0.471 e. The zero-order valence-corrected chi connectivity index (χ0v) is 13.7. The number of ether oxygens (including phenoxy) is 1. The molecule has 2 heterocycles. The van der Waals surface area contributed by atoms with Gasteiger partial charge in [0.1, 0.15) is 18.1 Å². The summed E-state index contributed by atoms with van der Waals surface area (Å²) in [5.74, 6) is 1.18. The average molecular weight is 368 g/mol. The van der Waals surface area contributed by atoms with Crippen LogP contribution in [0.1, 0.15) is 11.5 Å².